The van der Waals surface area contributed by atoms with E-state index in [4.69, 9.17) is 28.4 Å². The first-order valence-corrected chi connectivity index (χ1v) is 14.7. The molecule has 3 aliphatic rings. The lowest BCUT2D eigenvalue weighted by atomic mass is 9.78. The van der Waals surface area contributed by atoms with Crippen LogP contribution in [-0.4, -0.2) is 68.7 Å². The molecule has 2 bridgehead atoms. The minimum Gasteiger partial charge on any atom is -0.486 e. The molecule has 220 valence electrons. The minimum atomic E-state index is -1.31. The van der Waals surface area contributed by atoms with Crippen LogP contribution in [0.1, 0.15) is 63.1 Å². The maximum Gasteiger partial charge on any atom is 0.225 e. The Bertz CT molecular complexity index is 1110. The van der Waals surface area contributed by atoms with Gasteiger partial charge in [-0.2, -0.15) is 0 Å². The van der Waals surface area contributed by atoms with Gasteiger partial charge >= 0.3 is 0 Å². The van der Waals surface area contributed by atoms with Gasteiger partial charge in [0.1, 0.15) is 29.4 Å². The second-order valence-electron chi connectivity index (χ2n) is 11.3. The van der Waals surface area contributed by atoms with Crippen LogP contribution in [0.4, 0.5) is 4.39 Å². The van der Waals surface area contributed by atoms with E-state index in [0.29, 0.717) is 44.0 Å². The summed E-state index contributed by atoms with van der Waals surface area (Å²) in [6.07, 6.45) is 3.36. The number of hydrogen-bond donors (Lipinski definition) is 1. The molecule has 8 heteroatoms. The van der Waals surface area contributed by atoms with Crippen molar-refractivity contribution in [2.45, 2.75) is 82.6 Å². The Morgan fingerprint density at radius 2 is 1.73 bits per heavy atom. The van der Waals surface area contributed by atoms with Gasteiger partial charge in [-0.25, -0.2) is 4.39 Å². The number of fused-ring (bicyclic) bond motifs is 2. The third-order valence-corrected chi connectivity index (χ3v) is 8.43. The third-order valence-electron chi connectivity index (χ3n) is 8.43. The lowest BCUT2D eigenvalue weighted by Crippen LogP contribution is -2.63. The van der Waals surface area contributed by atoms with Crippen LogP contribution in [0.25, 0.3) is 0 Å². The van der Waals surface area contributed by atoms with Gasteiger partial charge < -0.3 is 33.5 Å². The molecule has 5 rings (SSSR count). The first-order chi connectivity index (χ1) is 19.4. The molecule has 0 radical (unpaired) electrons. The van der Waals surface area contributed by atoms with E-state index in [-0.39, 0.29) is 37.2 Å². The van der Waals surface area contributed by atoms with E-state index in [1.54, 1.807) is 6.07 Å². The molecule has 0 spiro atoms. The van der Waals surface area contributed by atoms with E-state index in [2.05, 4.69) is 13.8 Å². The summed E-state index contributed by atoms with van der Waals surface area (Å²) >= 11 is 0. The second kappa shape index (κ2) is 12.8. The highest BCUT2D eigenvalue weighted by molar-refractivity contribution is 5.37. The Hall–Kier alpha value is -2.07. The Morgan fingerprint density at radius 1 is 1.00 bits per heavy atom. The molecule has 0 saturated carbocycles. The lowest BCUT2D eigenvalue weighted by Gasteiger charge is -2.50. The summed E-state index contributed by atoms with van der Waals surface area (Å²) in [6.45, 7) is 8.58. The zero-order valence-corrected chi connectivity index (χ0v) is 23.9. The van der Waals surface area contributed by atoms with E-state index < -0.39 is 17.5 Å². The third kappa shape index (κ3) is 5.80. The smallest absolute Gasteiger partial charge is 0.225 e. The van der Waals surface area contributed by atoms with Crippen molar-refractivity contribution in [2.24, 2.45) is 5.92 Å². The molecule has 3 fully saturated rings. The van der Waals surface area contributed by atoms with Crippen LogP contribution < -0.4 is 4.74 Å². The van der Waals surface area contributed by atoms with Crippen molar-refractivity contribution in [3.05, 3.63) is 65.0 Å². The quantitative estimate of drug-likeness (QED) is 0.322. The number of benzene rings is 2. The normalized spacial score (nSPS) is 29.9. The molecule has 1 N–H and O–H groups in total. The summed E-state index contributed by atoms with van der Waals surface area (Å²) < 4.78 is 52.3. The minimum absolute atomic E-state index is 0.0946. The van der Waals surface area contributed by atoms with E-state index in [9.17, 15) is 5.11 Å². The van der Waals surface area contributed by atoms with Crippen molar-refractivity contribution in [1.82, 2.24) is 0 Å². The van der Waals surface area contributed by atoms with Gasteiger partial charge in [0.15, 0.2) is 0 Å². The van der Waals surface area contributed by atoms with Crippen molar-refractivity contribution in [3.63, 3.8) is 0 Å². The zero-order valence-electron chi connectivity index (χ0n) is 23.9. The Morgan fingerprint density at radius 3 is 2.38 bits per heavy atom. The highest BCUT2D eigenvalue weighted by atomic mass is 19.1. The fourth-order valence-electron chi connectivity index (χ4n) is 5.72. The van der Waals surface area contributed by atoms with Crippen LogP contribution in [0.5, 0.6) is 5.75 Å². The maximum atomic E-state index is 15.2. The van der Waals surface area contributed by atoms with Crippen molar-refractivity contribution in [1.29, 1.82) is 0 Å². The molecule has 3 saturated heterocycles. The number of aliphatic hydroxyl groups excluding tert-OH is 1. The largest absolute Gasteiger partial charge is 0.486 e. The molecule has 3 aliphatic heterocycles. The van der Waals surface area contributed by atoms with Gasteiger partial charge in [-0.3, -0.25) is 0 Å². The topological polar surface area (TPSA) is 75.6 Å². The number of hydrogen-bond acceptors (Lipinski definition) is 7. The van der Waals surface area contributed by atoms with Gasteiger partial charge in [-0.05, 0) is 48.2 Å². The summed E-state index contributed by atoms with van der Waals surface area (Å²) in [5, 5.41) is 10.5. The van der Waals surface area contributed by atoms with E-state index >= 15 is 4.39 Å². The molecule has 5 atom stereocenters. The average molecular weight is 559 g/mol. The first-order valence-electron chi connectivity index (χ1n) is 14.7. The Labute approximate surface area is 236 Å². The molecule has 2 aromatic rings. The number of halogens is 1. The fraction of sp³-hybridized carbons (Fsp3) is 0.625. The molecule has 0 aromatic heterocycles. The van der Waals surface area contributed by atoms with Gasteiger partial charge in [0.2, 0.25) is 5.79 Å². The number of aliphatic hydroxyl groups is 1. The lowest BCUT2D eigenvalue weighted by molar-refractivity contribution is -0.333. The fourth-order valence-corrected chi connectivity index (χ4v) is 5.72. The molecule has 0 amide bonds. The second-order valence-corrected chi connectivity index (χ2v) is 11.3. The van der Waals surface area contributed by atoms with E-state index in [1.165, 1.54) is 6.07 Å². The van der Waals surface area contributed by atoms with Gasteiger partial charge in [0, 0.05) is 31.1 Å². The van der Waals surface area contributed by atoms with Gasteiger partial charge in [0.25, 0.3) is 0 Å². The van der Waals surface area contributed by atoms with Crippen molar-refractivity contribution >= 4 is 0 Å². The maximum absolute atomic E-state index is 15.2. The van der Waals surface area contributed by atoms with Crippen LogP contribution in [0.2, 0.25) is 0 Å². The molecular weight excluding hydrogens is 515 g/mol. The standard InChI is InChI=1S/C32H43FO7/c1-4-6-14-36-29-22(3)31(20-34)21-38-32(40-31,30(29)37-15-7-5-2)25-10-13-28(33)24(17-25)16-23-8-11-26(12-9-23)39-27-18-35-19-27/h8-13,17,22,27,29-30,34H,4-7,14-16,18-21H2,1-3H3/t22-,29-,30?,31?,32?/m0/s1. The van der Waals surface area contributed by atoms with Crippen LogP contribution >= 0.6 is 0 Å². The summed E-state index contributed by atoms with van der Waals surface area (Å²) in [4.78, 5) is 0. The average Bonchev–Trinajstić information content (AvgIpc) is 3.32. The van der Waals surface area contributed by atoms with Crippen LogP contribution in [0.15, 0.2) is 42.5 Å². The number of unbranched alkanes of at least 4 members (excludes halogenated alkanes) is 2. The van der Waals surface area contributed by atoms with Crippen molar-refractivity contribution in [3.8, 4) is 5.75 Å². The molecular formula is C32H43FO7. The summed E-state index contributed by atoms with van der Waals surface area (Å²) in [6, 6.07) is 12.7. The molecule has 7 nitrogen and oxygen atoms in total. The Kier molecular flexibility index (Phi) is 9.45. The summed E-state index contributed by atoms with van der Waals surface area (Å²) in [5.74, 6) is -1.01. The van der Waals surface area contributed by atoms with Crippen LogP contribution in [0.3, 0.4) is 0 Å². The highest BCUT2D eigenvalue weighted by Gasteiger charge is 2.67. The zero-order chi connectivity index (χ0) is 28.2. The Balaban J connectivity index is 1.44. The van der Waals surface area contributed by atoms with Gasteiger partial charge in [-0.15, -0.1) is 0 Å². The first kappa shape index (κ1) is 29.4. The van der Waals surface area contributed by atoms with E-state index in [1.807, 2.05) is 37.3 Å². The van der Waals surface area contributed by atoms with Crippen LogP contribution in [-0.2, 0) is 35.9 Å². The monoisotopic (exact) mass is 558 g/mol. The van der Waals surface area contributed by atoms with Crippen molar-refractivity contribution < 1.29 is 37.9 Å². The molecule has 2 aromatic carbocycles. The molecule has 0 aliphatic carbocycles. The molecule has 40 heavy (non-hydrogen) atoms. The van der Waals surface area contributed by atoms with Crippen LogP contribution in [0, 0.1) is 11.7 Å². The van der Waals surface area contributed by atoms with E-state index in [0.717, 1.165) is 37.0 Å². The summed E-state index contributed by atoms with van der Waals surface area (Å²) in [5.41, 5.74) is 1.22. The number of ether oxygens (including phenoxy) is 6. The summed E-state index contributed by atoms with van der Waals surface area (Å²) in [7, 11) is 0. The van der Waals surface area contributed by atoms with Gasteiger partial charge in [-0.1, -0.05) is 51.8 Å². The van der Waals surface area contributed by atoms with Crippen molar-refractivity contribution in [2.75, 3.05) is 39.6 Å². The number of rotatable bonds is 14. The predicted molar refractivity (Wildman–Crippen MR) is 148 cm³/mol. The molecule has 3 unspecified atom stereocenters. The van der Waals surface area contributed by atoms with Gasteiger partial charge in [0.05, 0.1) is 32.5 Å². The highest BCUT2D eigenvalue weighted by Crippen LogP contribution is 2.53. The molecule has 3 heterocycles. The predicted octanol–water partition coefficient (Wildman–Crippen LogP) is 5.15. The SMILES string of the molecule is CCCCOC1[C@@H](OCCCC)[C@H](C)C2(CO)COC1(c1ccc(F)c(Cc3ccc(OC4COC4)cc3)c1)O2.